The number of amides is 2. The summed E-state index contributed by atoms with van der Waals surface area (Å²) in [6.45, 7) is 4.44. The van der Waals surface area contributed by atoms with Crippen molar-refractivity contribution in [2.45, 2.75) is 45.3 Å². The molecule has 1 fully saturated rings. The summed E-state index contributed by atoms with van der Waals surface area (Å²) in [5.74, 6) is -0.282. The van der Waals surface area contributed by atoms with Gasteiger partial charge in [0.1, 0.15) is 17.7 Å². The Kier molecular flexibility index (Phi) is 7.46. The number of rotatable bonds is 7. The normalized spacial score (nSPS) is 19.1. The molecule has 0 saturated carbocycles. The number of anilines is 1. The Morgan fingerprint density at radius 3 is 2.84 bits per heavy atom. The Morgan fingerprint density at radius 1 is 1.35 bits per heavy atom. The molecule has 3 rings (SSSR count). The number of nitrogens with two attached hydrogens (primary N) is 1. The monoisotopic (exact) mass is 447 g/mol. The summed E-state index contributed by atoms with van der Waals surface area (Å²) in [4.78, 5) is 29.1. The number of pyridine rings is 1. The average molecular weight is 448 g/mol. The molecule has 1 aliphatic rings. The molecule has 0 spiro atoms. The van der Waals surface area contributed by atoms with Crippen LogP contribution in [0, 0.1) is 18.7 Å². The van der Waals surface area contributed by atoms with Crippen LogP contribution in [-0.4, -0.2) is 35.4 Å². The molecular formula is C22H27ClFN5O2. The molecule has 0 aliphatic carbocycles. The van der Waals surface area contributed by atoms with Crippen molar-refractivity contribution < 1.29 is 14.0 Å². The van der Waals surface area contributed by atoms with Crippen LogP contribution in [0.5, 0.6) is 0 Å². The summed E-state index contributed by atoms with van der Waals surface area (Å²) in [5.41, 5.74) is 8.18. The van der Waals surface area contributed by atoms with Gasteiger partial charge in [-0.3, -0.25) is 9.59 Å². The van der Waals surface area contributed by atoms with E-state index in [0.717, 1.165) is 16.8 Å². The summed E-state index contributed by atoms with van der Waals surface area (Å²) < 4.78 is 13.3. The number of hydrogen-bond acceptors (Lipinski definition) is 5. The fraction of sp³-hybridized carbons (Fsp3) is 0.409. The third kappa shape index (κ3) is 6.15. The van der Waals surface area contributed by atoms with Crippen molar-refractivity contribution in [1.29, 1.82) is 0 Å². The second kappa shape index (κ2) is 10.1. The minimum absolute atomic E-state index is 0.0996. The average Bonchev–Trinajstić information content (AvgIpc) is 3.18. The largest absolute Gasteiger partial charge is 0.384 e. The molecule has 1 aromatic heterocycles. The molecule has 1 aromatic carbocycles. The van der Waals surface area contributed by atoms with Gasteiger partial charge in [-0.25, -0.2) is 9.37 Å². The van der Waals surface area contributed by atoms with E-state index in [1.165, 1.54) is 6.07 Å². The lowest BCUT2D eigenvalue weighted by Gasteiger charge is -2.17. The summed E-state index contributed by atoms with van der Waals surface area (Å²) >= 11 is 5.84. The SMILES string of the molecule is Cc1nc(N)ccc1CNC(=O)C(C)NC(=O)[C@H]1C[C@H](Cc2ccc(F)c(Cl)c2)CN1. The highest BCUT2D eigenvalue weighted by Crippen LogP contribution is 2.23. The van der Waals surface area contributed by atoms with E-state index in [1.807, 2.05) is 13.0 Å². The van der Waals surface area contributed by atoms with Gasteiger partial charge in [0.2, 0.25) is 11.8 Å². The van der Waals surface area contributed by atoms with Crippen LogP contribution in [0.3, 0.4) is 0 Å². The van der Waals surface area contributed by atoms with Crippen molar-refractivity contribution >= 4 is 29.2 Å². The maximum absolute atomic E-state index is 13.3. The van der Waals surface area contributed by atoms with E-state index in [2.05, 4.69) is 20.9 Å². The highest BCUT2D eigenvalue weighted by atomic mass is 35.5. The van der Waals surface area contributed by atoms with Crippen molar-refractivity contribution in [3.8, 4) is 0 Å². The van der Waals surface area contributed by atoms with Crippen LogP contribution in [0.15, 0.2) is 30.3 Å². The van der Waals surface area contributed by atoms with Crippen LogP contribution >= 0.6 is 11.6 Å². The lowest BCUT2D eigenvalue weighted by molar-refractivity contribution is -0.129. The van der Waals surface area contributed by atoms with Gasteiger partial charge in [0.05, 0.1) is 11.1 Å². The standard InChI is InChI=1S/C22H27ClFN5O2/c1-12-16(4-6-20(25)28-12)11-27-21(30)13(2)29-22(31)19-9-15(10-26-19)7-14-3-5-18(24)17(23)8-14/h3-6,8,13,15,19,26H,7,9-11H2,1-2H3,(H2,25,28)(H,27,30)(H,29,31)/t13?,15-,19+/m0/s1. The van der Waals surface area contributed by atoms with Crippen molar-refractivity contribution in [3.05, 3.63) is 58.0 Å². The smallest absolute Gasteiger partial charge is 0.242 e. The Bertz CT molecular complexity index is 971. The summed E-state index contributed by atoms with van der Waals surface area (Å²) in [6, 6.07) is 7.13. The number of benzene rings is 1. The molecule has 1 unspecified atom stereocenters. The molecular weight excluding hydrogens is 421 g/mol. The zero-order valence-electron chi connectivity index (χ0n) is 17.5. The van der Waals surface area contributed by atoms with Crippen molar-refractivity contribution in [3.63, 3.8) is 0 Å². The van der Waals surface area contributed by atoms with Gasteiger partial charge in [0, 0.05) is 12.2 Å². The molecule has 0 bridgehead atoms. The third-order valence-corrected chi connectivity index (χ3v) is 5.76. The van der Waals surface area contributed by atoms with E-state index in [0.29, 0.717) is 31.7 Å². The number of hydrogen-bond donors (Lipinski definition) is 4. The zero-order valence-corrected chi connectivity index (χ0v) is 18.3. The van der Waals surface area contributed by atoms with Crippen LogP contribution in [0.2, 0.25) is 5.02 Å². The van der Waals surface area contributed by atoms with Gasteiger partial charge < -0.3 is 21.7 Å². The van der Waals surface area contributed by atoms with Crippen molar-refractivity contribution in [2.75, 3.05) is 12.3 Å². The molecule has 5 N–H and O–H groups in total. The molecule has 2 amide bonds. The van der Waals surface area contributed by atoms with Gasteiger partial charge in [-0.15, -0.1) is 0 Å². The topological polar surface area (TPSA) is 109 Å². The van der Waals surface area contributed by atoms with E-state index < -0.39 is 11.9 Å². The highest BCUT2D eigenvalue weighted by molar-refractivity contribution is 6.30. The predicted octanol–water partition coefficient (Wildman–Crippen LogP) is 2.11. The molecule has 1 aliphatic heterocycles. The molecule has 1 saturated heterocycles. The first kappa shape index (κ1) is 23.0. The maximum atomic E-state index is 13.3. The minimum atomic E-state index is -0.675. The summed E-state index contributed by atoms with van der Waals surface area (Å²) in [7, 11) is 0. The van der Waals surface area contributed by atoms with E-state index in [1.54, 1.807) is 25.1 Å². The van der Waals surface area contributed by atoms with E-state index >= 15 is 0 Å². The molecule has 31 heavy (non-hydrogen) atoms. The van der Waals surface area contributed by atoms with Crippen LogP contribution in [0.4, 0.5) is 10.2 Å². The maximum Gasteiger partial charge on any atom is 0.242 e. The fourth-order valence-electron chi connectivity index (χ4n) is 3.68. The van der Waals surface area contributed by atoms with Crippen LogP contribution in [-0.2, 0) is 22.6 Å². The first-order valence-electron chi connectivity index (χ1n) is 10.2. The van der Waals surface area contributed by atoms with Gasteiger partial charge in [0.25, 0.3) is 0 Å². The first-order valence-corrected chi connectivity index (χ1v) is 10.6. The van der Waals surface area contributed by atoms with Crippen LogP contribution in [0.25, 0.3) is 0 Å². The second-order valence-electron chi connectivity index (χ2n) is 7.94. The fourth-order valence-corrected chi connectivity index (χ4v) is 3.88. The zero-order chi connectivity index (χ0) is 22.5. The van der Waals surface area contributed by atoms with E-state index in [9.17, 15) is 14.0 Å². The van der Waals surface area contributed by atoms with Gasteiger partial charge >= 0.3 is 0 Å². The lowest BCUT2D eigenvalue weighted by atomic mass is 9.96. The van der Waals surface area contributed by atoms with Crippen LogP contribution in [0.1, 0.15) is 30.2 Å². The Labute approximate surface area is 185 Å². The first-order chi connectivity index (χ1) is 14.7. The van der Waals surface area contributed by atoms with Gasteiger partial charge in [-0.2, -0.15) is 0 Å². The van der Waals surface area contributed by atoms with E-state index in [-0.39, 0.29) is 28.8 Å². The van der Waals surface area contributed by atoms with Gasteiger partial charge in [-0.1, -0.05) is 23.7 Å². The molecule has 166 valence electrons. The number of aromatic nitrogens is 1. The number of carbonyl (C=O) groups is 2. The number of nitrogens with zero attached hydrogens (tertiary/aromatic N) is 1. The molecule has 7 nitrogen and oxygen atoms in total. The van der Waals surface area contributed by atoms with Crippen molar-refractivity contribution in [1.82, 2.24) is 20.9 Å². The molecule has 2 aromatic rings. The Morgan fingerprint density at radius 2 is 2.13 bits per heavy atom. The molecule has 3 atom stereocenters. The number of nitrogens with one attached hydrogen (secondary N) is 3. The predicted molar refractivity (Wildman–Crippen MR) is 118 cm³/mol. The second-order valence-corrected chi connectivity index (χ2v) is 8.35. The third-order valence-electron chi connectivity index (χ3n) is 5.47. The number of nitrogen functional groups attached to an aromatic ring is 1. The van der Waals surface area contributed by atoms with E-state index in [4.69, 9.17) is 17.3 Å². The quantitative estimate of drug-likeness (QED) is 0.519. The van der Waals surface area contributed by atoms with Gasteiger partial charge in [0.15, 0.2) is 0 Å². The number of carbonyl (C=O) groups excluding carboxylic acids is 2. The molecule has 2 heterocycles. The molecule has 0 radical (unpaired) electrons. The number of aryl methyl sites for hydroxylation is 1. The van der Waals surface area contributed by atoms with Gasteiger partial charge in [-0.05, 0) is 68.5 Å². The molecule has 9 heteroatoms. The highest BCUT2D eigenvalue weighted by Gasteiger charge is 2.31. The summed E-state index contributed by atoms with van der Waals surface area (Å²) in [5, 5.41) is 8.87. The summed E-state index contributed by atoms with van der Waals surface area (Å²) in [6.07, 6.45) is 1.33. The Balaban J connectivity index is 1.45. The van der Waals surface area contributed by atoms with Crippen molar-refractivity contribution in [2.24, 2.45) is 5.92 Å². The van der Waals surface area contributed by atoms with Crippen LogP contribution < -0.4 is 21.7 Å². The lowest BCUT2D eigenvalue weighted by Crippen LogP contribution is -2.50. The number of halogens is 2. The Hall–Kier alpha value is -2.71. The minimum Gasteiger partial charge on any atom is -0.384 e.